The van der Waals surface area contributed by atoms with Gasteiger partial charge >= 0.3 is 0 Å². The normalized spacial score (nSPS) is 10.1. The topological polar surface area (TPSA) is 47.6 Å². The van der Waals surface area contributed by atoms with Gasteiger partial charge < -0.3 is 9.47 Å². The van der Waals surface area contributed by atoms with Crippen LogP contribution < -0.4 is 14.2 Å². The maximum absolute atomic E-state index is 11.1. The molecule has 1 N–H and O–H groups in total. The molecule has 1 rings (SSSR count). The second-order valence-corrected chi connectivity index (χ2v) is 4.30. The van der Waals surface area contributed by atoms with Crippen LogP contribution in [0.2, 0.25) is 0 Å². The number of hydrogen-bond acceptors (Lipinski definition) is 5. The Hall–Kier alpha value is -1.20. The van der Waals surface area contributed by atoms with Gasteiger partial charge in [-0.15, -0.1) is 0 Å². The second-order valence-electron chi connectivity index (χ2n) is 3.60. The highest BCUT2D eigenvalue weighted by Crippen LogP contribution is 2.19. The average Bonchev–Trinajstić information content (AvgIpc) is 2.41. The van der Waals surface area contributed by atoms with Crippen molar-refractivity contribution in [3.8, 4) is 11.5 Å². The van der Waals surface area contributed by atoms with E-state index in [-0.39, 0.29) is 12.4 Å². The van der Waals surface area contributed by atoms with Gasteiger partial charge in [0.1, 0.15) is 24.7 Å². The lowest BCUT2D eigenvalue weighted by molar-refractivity contribution is -0.120. The first-order chi connectivity index (χ1) is 8.76. The SMILES string of the molecule is CCC(=O)COc1cccc(OCCNSC)c1. The van der Waals surface area contributed by atoms with Crippen molar-refractivity contribution < 1.29 is 14.3 Å². The van der Waals surface area contributed by atoms with Crippen LogP contribution in [-0.2, 0) is 4.79 Å². The Balaban J connectivity index is 2.39. The Bertz CT molecular complexity index is 371. The number of ketones is 1. The van der Waals surface area contributed by atoms with Gasteiger partial charge in [0.25, 0.3) is 0 Å². The molecule has 1 aromatic carbocycles. The molecule has 0 aliphatic heterocycles. The standard InChI is InChI=1S/C13H19NO3S/c1-3-11(15)10-17-13-6-4-5-12(9-13)16-8-7-14-18-2/h4-6,9,14H,3,7-8,10H2,1-2H3. The predicted molar refractivity (Wildman–Crippen MR) is 74.2 cm³/mol. The van der Waals surface area contributed by atoms with Gasteiger partial charge in [0.2, 0.25) is 0 Å². The summed E-state index contributed by atoms with van der Waals surface area (Å²) in [6.45, 7) is 3.32. The van der Waals surface area contributed by atoms with Crippen LogP contribution in [0.1, 0.15) is 13.3 Å². The van der Waals surface area contributed by atoms with Crippen LogP contribution in [-0.4, -0.2) is 31.8 Å². The minimum atomic E-state index is 0.0884. The van der Waals surface area contributed by atoms with E-state index in [9.17, 15) is 4.79 Å². The lowest BCUT2D eigenvalue weighted by Gasteiger charge is -2.09. The highest BCUT2D eigenvalue weighted by molar-refractivity contribution is 7.96. The van der Waals surface area contributed by atoms with Crippen molar-refractivity contribution in [3.05, 3.63) is 24.3 Å². The molecule has 18 heavy (non-hydrogen) atoms. The van der Waals surface area contributed by atoms with Crippen LogP contribution in [0.5, 0.6) is 11.5 Å². The number of Topliss-reactive ketones (excluding diaryl/α,β-unsaturated/α-hetero) is 1. The second kappa shape index (κ2) is 8.83. The summed E-state index contributed by atoms with van der Waals surface area (Å²) in [5, 5.41) is 0. The van der Waals surface area contributed by atoms with Crippen molar-refractivity contribution >= 4 is 17.7 Å². The van der Waals surface area contributed by atoms with E-state index in [1.54, 1.807) is 18.0 Å². The summed E-state index contributed by atoms with van der Waals surface area (Å²) in [6.07, 6.45) is 2.47. The summed E-state index contributed by atoms with van der Waals surface area (Å²) >= 11 is 1.56. The third-order valence-corrected chi connectivity index (χ3v) is 2.71. The Morgan fingerprint density at radius 3 is 2.72 bits per heavy atom. The summed E-state index contributed by atoms with van der Waals surface area (Å²) in [5.41, 5.74) is 0. The molecule has 0 aliphatic carbocycles. The molecule has 0 amide bonds. The quantitative estimate of drug-likeness (QED) is 0.550. The van der Waals surface area contributed by atoms with Crippen LogP contribution in [0, 0.1) is 0 Å². The van der Waals surface area contributed by atoms with E-state index in [2.05, 4.69) is 4.72 Å². The number of carbonyl (C=O) groups excluding carboxylic acids is 1. The zero-order chi connectivity index (χ0) is 13.2. The summed E-state index contributed by atoms with van der Waals surface area (Å²) in [7, 11) is 0. The van der Waals surface area contributed by atoms with Gasteiger partial charge in [-0.25, -0.2) is 0 Å². The van der Waals surface area contributed by atoms with Crippen LogP contribution in [0.15, 0.2) is 24.3 Å². The van der Waals surface area contributed by atoms with Gasteiger partial charge in [-0.3, -0.25) is 9.52 Å². The first-order valence-electron chi connectivity index (χ1n) is 5.89. The minimum Gasteiger partial charge on any atom is -0.492 e. The van der Waals surface area contributed by atoms with Gasteiger partial charge in [0, 0.05) is 19.0 Å². The zero-order valence-corrected chi connectivity index (χ0v) is 11.6. The van der Waals surface area contributed by atoms with Crippen LogP contribution in [0.3, 0.4) is 0 Å². The molecule has 5 heteroatoms. The number of nitrogens with one attached hydrogen (secondary N) is 1. The lowest BCUT2D eigenvalue weighted by atomic mass is 10.3. The molecule has 4 nitrogen and oxygen atoms in total. The molecule has 0 heterocycles. The first-order valence-corrected chi connectivity index (χ1v) is 7.12. The van der Waals surface area contributed by atoms with E-state index < -0.39 is 0 Å². The average molecular weight is 269 g/mol. The fourth-order valence-corrected chi connectivity index (χ4v) is 1.52. The Morgan fingerprint density at radius 1 is 1.33 bits per heavy atom. The summed E-state index contributed by atoms with van der Waals surface area (Å²) in [5.74, 6) is 1.50. The van der Waals surface area contributed by atoms with E-state index in [1.165, 1.54) is 0 Å². The molecular formula is C13H19NO3S. The highest BCUT2D eigenvalue weighted by Gasteiger charge is 2.01. The molecule has 0 fully saturated rings. The van der Waals surface area contributed by atoms with Crippen LogP contribution in [0.25, 0.3) is 0 Å². The molecule has 0 spiro atoms. The van der Waals surface area contributed by atoms with Crippen molar-refractivity contribution in [2.75, 3.05) is 26.0 Å². The smallest absolute Gasteiger partial charge is 0.169 e. The van der Waals surface area contributed by atoms with Gasteiger partial charge in [-0.1, -0.05) is 24.9 Å². The third-order valence-electron chi connectivity index (χ3n) is 2.22. The molecule has 0 atom stereocenters. The molecular weight excluding hydrogens is 250 g/mol. The third kappa shape index (κ3) is 5.93. The van der Waals surface area contributed by atoms with Gasteiger partial charge in [0.05, 0.1) is 0 Å². The molecule has 0 aromatic heterocycles. The first kappa shape index (κ1) is 14.9. The monoisotopic (exact) mass is 269 g/mol. The molecule has 0 aliphatic rings. The molecule has 0 radical (unpaired) electrons. The Kier molecular flexibility index (Phi) is 7.29. The molecule has 0 saturated heterocycles. The van der Waals surface area contributed by atoms with E-state index >= 15 is 0 Å². The van der Waals surface area contributed by atoms with E-state index in [0.717, 1.165) is 12.3 Å². The van der Waals surface area contributed by atoms with Crippen LogP contribution in [0.4, 0.5) is 0 Å². The Morgan fingerprint density at radius 2 is 2.06 bits per heavy atom. The fourth-order valence-electron chi connectivity index (χ4n) is 1.23. The van der Waals surface area contributed by atoms with Gasteiger partial charge in [-0.2, -0.15) is 0 Å². The fraction of sp³-hybridized carbons (Fsp3) is 0.462. The van der Waals surface area contributed by atoms with Crippen molar-refractivity contribution in [2.24, 2.45) is 0 Å². The summed E-state index contributed by atoms with van der Waals surface area (Å²) < 4.78 is 14.0. The van der Waals surface area contributed by atoms with Crippen molar-refractivity contribution in [1.29, 1.82) is 0 Å². The van der Waals surface area contributed by atoms with Crippen LogP contribution >= 0.6 is 11.9 Å². The highest BCUT2D eigenvalue weighted by atomic mass is 32.2. The largest absolute Gasteiger partial charge is 0.492 e. The summed E-state index contributed by atoms with van der Waals surface area (Å²) in [6, 6.07) is 7.33. The van der Waals surface area contributed by atoms with E-state index in [1.807, 2.05) is 31.4 Å². The summed E-state index contributed by atoms with van der Waals surface area (Å²) in [4.78, 5) is 11.1. The maximum Gasteiger partial charge on any atom is 0.169 e. The number of hydrogen-bond donors (Lipinski definition) is 1. The van der Waals surface area contributed by atoms with Crippen molar-refractivity contribution in [1.82, 2.24) is 4.72 Å². The number of ether oxygens (including phenoxy) is 2. The number of benzene rings is 1. The van der Waals surface area contributed by atoms with Gasteiger partial charge in [-0.05, 0) is 18.4 Å². The van der Waals surface area contributed by atoms with Gasteiger partial charge in [0.15, 0.2) is 5.78 Å². The number of carbonyl (C=O) groups is 1. The van der Waals surface area contributed by atoms with E-state index in [0.29, 0.717) is 18.8 Å². The maximum atomic E-state index is 11.1. The van der Waals surface area contributed by atoms with Crippen molar-refractivity contribution in [2.45, 2.75) is 13.3 Å². The minimum absolute atomic E-state index is 0.0884. The molecule has 100 valence electrons. The lowest BCUT2D eigenvalue weighted by Crippen LogP contribution is -2.14. The Labute approximate surface area is 112 Å². The molecule has 1 aromatic rings. The van der Waals surface area contributed by atoms with E-state index in [4.69, 9.17) is 9.47 Å². The predicted octanol–water partition coefficient (Wildman–Crippen LogP) is 2.29. The van der Waals surface area contributed by atoms with Crippen molar-refractivity contribution in [3.63, 3.8) is 0 Å². The zero-order valence-electron chi connectivity index (χ0n) is 10.8. The molecule has 0 saturated carbocycles. The number of rotatable bonds is 9. The molecule has 0 unspecified atom stereocenters. The molecule has 0 bridgehead atoms.